The first-order valence-corrected chi connectivity index (χ1v) is 9.47. The van der Waals surface area contributed by atoms with Crippen LogP contribution < -0.4 is 10.9 Å². The van der Waals surface area contributed by atoms with Crippen LogP contribution in [0.4, 0.5) is 5.88 Å². The van der Waals surface area contributed by atoms with Gasteiger partial charge in [0.15, 0.2) is 0 Å². The van der Waals surface area contributed by atoms with Gasteiger partial charge >= 0.3 is 0 Å². The predicted molar refractivity (Wildman–Crippen MR) is 102 cm³/mol. The van der Waals surface area contributed by atoms with Crippen LogP contribution in [0.5, 0.6) is 0 Å². The van der Waals surface area contributed by atoms with Gasteiger partial charge in [-0.1, -0.05) is 5.16 Å². The third kappa shape index (κ3) is 3.06. The number of nitrogens with zero attached hydrogens (tertiary/aromatic N) is 3. The lowest BCUT2D eigenvalue weighted by Gasteiger charge is -2.05. The number of fused-ring (bicyclic) bond motifs is 1. The molecule has 4 aromatic rings. The van der Waals surface area contributed by atoms with Crippen molar-refractivity contribution in [1.29, 1.82) is 0 Å². The van der Waals surface area contributed by atoms with Gasteiger partial charge in [0.05, 0.1) is 17.4 Å². The average Bonchev–Trinajstić information content (AvgIpc) is 3.30. The fraction of sp³-hybridized carbons (Fsp3) is 0.176. The molecule has 0 unspecified atom stereocenters. The first kappa shape index (κ1) is 16.7. The lowest BCUT2D eigenvalue weighted by atomic mass is 10.2. The van der Waals surface area contributed by atoms with Crippen LogP contribution in [-0.4, -0.2) is 20.6 Å². The number of aryl methyl sites for hydroxylation is 2. The van der Waals surface area contributed by atoms with E-state index in [9.17, 15) is 9.59 Å². The molecule has 4 rings (SSSR count). The predicted octanol–water partition coefficient (Wildman–Crippen LogP) is 3.43. The Kier molecular flexibility index (Phi) is 4.17. The Morgan fingerprint density at radius 3 is 2.88 bits per heavy atom. The summed E-state index contributed by atoms with van der Waals surface area (Å²) < 4.78 is 6.26. The Morgan fingerprint density at radius 2 is 2.19 bits per heavy atom. The molecule has 7 nitrogen and oxygen atoms in total. The van der Waals surface area contributed by atoms with Crippen LogP contribution in [0, 0.1) is 13.8 Å². The van der Waals surface area contributed by atoms with Gasteiger partial charge in [-0.25, -0.2) is 4.98 Å². The van der Waals surface area contributed by atoms with E-state index >= 15 is 0 Å². The van der Waals surface area contributed by atoms with Gasteiger partial charge in [-0.15, -0.1) is 22.7 Å². The number of carbonyl (C=O) groups excluding carboxylic acids is 1. The number of rotatable bonds is 4. The van der Waals surface area contributed by atoms with Crippen molar-refractivity contribution in [3.05, 3.63) is 50.8 Å². The minimum atomic E-state index is -0.381. The Morgan fingerprint density at radius 1 is 1.35 bits per heavy atom. The normalized spacial score (nSPS) is 11.2. The molecule has 4 heterocycles. The molecule has 0 fully saturated rings. The lowest BCUT2D eigenvalue weighted by Crippen LogP contribution is -2.27. The summed E-state index contributed by atoms with van der Waals surface area (Å²) in [6, 6.07) is 5.63. The van der Waals surface area contributed by atoms with E-state index in [0.29, 0.717) is 15.9 Å². The van der Waals surface area contributed by atoms with Gasteiger partial charge < -0.3 is 4.52 Å². The molecule has 26 heavy (non-hydrogen) atoms. The number of carbonyl (C=O) groups is 1. The van der Waals surface area contributed by atoms with Crippen LogP contribution >= 0.6 is 22.7 Å². The van der Waals surface area contributed by atoms with Crippen LogP contribution in [0.25, 0.3) is 20.7 Å². The van der Waals surface area contributed by atoms with Crippen molar-refractivity contribution in [2.24, 2.45) is 0 Å². The molecule has 1 amide bonds. The maximum atomic E-state index is 12.9. The second-order valence-corrected chi connectivity index (χ2v) is 7.94. The standard InChI is InChI=1S/C17H14N4O3S2/c1-9-5-14(24-20-9)19-13(22)6-21-8-18-16-15(17(21)23)11(7-25-16)12-4-3-10(2)26-12/h3-5,7-8H,6H2,1-2H3,(H,19,22). The highest BCUT2D eigenvalue weighted by Gasteiger charge is 2.16. The average molecular weight is 386 g/mol. The van der Waals surface area contributed by atoms with E-state index in [1.165, 1.54) is 27.1 Å². The first-order chi connectivity index (χ1) is 12.5. The maximum absolute atomic E-state index is 12.9. The van der Waals surface area contributed by atoms with Crippen molar-refractivity contribution < 1.29 is 9.32 Å². The number of hydrogen-bond donors (Lipinski definition) is 1. The SMILES string of the molecule is Cc1cc(NC(=O)Cn2cnc3scc(-c4ccc(C)s4)c3c2=O)on1. The summed E-state index contributed by atoms with van der Waals surface area (Å²) >= 11 is 3.05. The molecular formula is C17H14N4O3S2. The monoisotopic (exact) mass is 386 g/mol. The number of aromatic nitrogens is 3. The highest BCUT2D eigenvalue weighted by molar-refractivity contribution is 7.19. The Labute approximate surface area is 155 Å². The molecule has 0 atom stereocenters. The van der Waals surface area contributed by atoms with Crippen LogP contribution in [0.2, 0.25) is 0 Å². The van der Waals surface area contributed by atoms with Gasteiger partial charge in [0.1, 0.15) is 11.4 Å². The molecule has 9 heteroatoms. The van der Waals surface area contributed by atoms with Gasteiger partial charge in [0.25, 0.3) is 5.56 Å². The fourth-order valence-electron chi connectivity index (χ4n) is 2.59. The third-order valence-electron chi connectivity index (χ3n) is 3.77. The molecule has 4 aromatic heterocycles. The zero-order valence-corrected chi connectivity index (χ0v) is 15.6. The minimum absolute atomic E-state index is 0.153. The summed E-state index contributed by atoms with van der Waals surface area (Å²) in [6.45, 7) is 3.63. The van der Waals surface area contributed by atoms with Crippen LogP contribution in [0.1, 0.15) is 10.6 Å². The topological polar surface area (TPSA) is 90.0 Å². The Balaban J connectivity index is 1.67. The molecule has 1 N–H and O–H groups in total. The minimum Gasteiger partial charge on any atom is -0.338 e. The summed E-state index contributed by atoms with van der Waals surface area (Å²) in [5.74, 6) is -0.131. The summed E-state index contributed by atoms with van der Waals surface area (Å²) in [7, 11) is 0. The van der Waals surface area contributed by atoms with Crippen molar-refractivity contribution in [3.63, 3.8) is 0 Å². The fourth-order valence-corrected chi connectivity index (χ4v) is 4.46. The van der Waals surface area contributed by atoms with E-state index in [-0.39, 0.29) is 23.9 Å². The number of amides is 1. The summed E-state index contributed by atoms with van der Waals surface area (Å²) in [6.07, 6.45) is 1.40. The summed E-state index contributed by atoms with van der Waals surface area (Å²) in [5.41, 5.74) is 1.29. The molecule has 0 spiro atoms. The smallest absolute Gasteiger partial charge is 0.263 e. The quantitative estimate of drug-likeness (QED) is 0.580. The van der Waals surface area contributed by atoms with E-state index in [2.05, 4.69) is 15.5 Å². The first-order valence-electron chi connectivity index (χ1n) is 7.78. The zero-order chi connectivity index (χ0) is 18.3. The molecule has 0 aliphatic rings. The molecule has 0 aliphatic carbocycles. The number of anilines is 1. The van der Waals surface area contributed by atoms with Crippen LogP contribution in [-0.2, 0) is 11.3 Å². The number of nitrogens with one attached hydrogen (secondary N) is 1. The molecule has 0 radical (unpaired) electrons. The zero-order valence-electron chi connectivity index (χ0n) is 14.0. The summed E-state index contributed by atoms with van der Waals surface area (Å²) in [4.78, 5) is 32.3. The van der Waals surface area contributed by atoms with Crippen molar-refractivity contribution in [3.8, 4) is 10.4 Å². The third-order valence-corrected chi connectivity index (χ3v) is 5.69. The van der Waals surface area contributed by atoms with Crippen LogP contribution in [0.15, 0.2) is 39.2 Å². The summed E-state index contributed by atoms with van der Waals surface area (Å²) in [5, 5.41) is 8.77. The van der Waals surface area contributed by atoms with Crippen molar-refractivity contribution in [2.75, 3.05) is 5.32 Å². The van der Waals surface area contributed by atoms with E-state index in [1.807, 2.05) is 24.4 Å². The van der Waals surface area contributed by atoms with E-state index in [1.54, 1.807) is 24.3 Å². The molecular weight excluding hydrogens is 372 g/mol. The molecule has 0 saturated carbocycles. The molecule has 0 bridgehead atoms. The maximum Gasteiger partial charge on any atom is 0.263 e. The van der Waals surface area contributed by atoms with Gasteiger partial charge in [-0.05, 0) is 26.0 Å². The number of hydrogen-bond acceptors (Lipinski definition) is 7. The van der Waals surface area contributed by atoms with Gasteiger partial charge in [-0.2, -0.15) is 0 Å². The van der Waals surface area contributed by atoms with Crippen molar-refractivity contribution >= 4 is 44.7 Å². The van der Waals surface area contributed by atoms with Crippen molar-refractivity contribution in [1.82, 2.24) is 14.7 Å². The van der Waals surface area contributed by atoms with E-state index < -0.39 is 0 Å². The van der Waals surface area contributed by atoms with Crippen LogP contribution in [0.3, 0.4) is 0 Å². The van der Waals surface area contributed by atoms with Gasteiger partial charge in [0.2, 0.25) is 11.8 Å². The molecule has 0 aliphatic heterocycles. The molecule has 0 aromatic carbocycles. The second kappa shape index (κ2) is 6.50. The second-order valence-electron chi connectivity index (χ2n) is 5.80. The highest BCUT2D eigenvalue weighted by Crippen LogP contribution is 2.34. The number of thiophene rings is 2. The Bertz CT molecular complexity index is 1170. The van der Waals surface area contributed by atoms with Crippen molar-refractivity contribution in [2.45, 2.75) is 20.4 Å². The van der Waals surface area contributed by atoms with E-state index in [0.717, 1.165) is 10.4 Å². The largest absolute Gasteiger partial charge is 0.338 e. The molecule has 0 saturated heterocycles. The van der Waals surface area contributed by atoms with E-state index in [4.69, 9.17) is 4.52 Å². The highest BCUT2D eigenvalue weighted by atomic mass is 32.1. The molecule has 132 valence electrons. The Hall–Kier alpha value is -2.78. The lowest BCUT2D eigenvalue weighted by molar-refractivity contribution is -0.116. The van der Waals surface area contributed by atoms with Gasteiger partial charge in [0, 0.05) is 26.8 Å². The van der Waals surface area contributed by atoms with Gasteiger partial charge in [-0.3, -0.25) is 19.5 Å².